The molecule has 31 heavy (non-hydrogen) atoms. The first-order chi connectivity index (χ1) is 14.5. The highest BCUT2D eigenvalue weighted by Gasteiger charge is 2.28. The lowest BCUT2D eigenvalue weighted by molar-refractivity contribution is -0.604. The quantitative estimate of drug-likeness (QED) is 0.344. The maximum Gasteiger partial charge on any atom is 0.393 e. The molecule has 3 aromatic rings. The van der Waals surface area contributed by atoms with E-state index in [9.17, 15) is 32.0 Å². The van der Waals surface area contributed by atoms with Crippen molar-refractivity contribution < 1.29 is 36.2 Å². The zero-order chi connectivity index (χ0) is 22.8. The molecule has 162 valence electrons. The van der Waals surface area contributed by atoms with Gasteiger partial charge in [0.15, 0.2) is 17.8 Å². The molecule has 0 aliphatic rings. The van der Waals surface area contributed by atoms with Gasteiger partial charge < -0.3 is 15.3 Å². The number of aromatic nitrogens is 1. The summed E-state index contributed by atoms with van der Waals surface area (Å²) in [7, 11) is 0. The van der Waals surface area contributed by atoms with Crippen LogP contribution in [0.15, 0.2) is 54.9 Å². The number of anilines is 1. The molecule has 0 fully saturated rings. The Bertz CT molecular complexity index is 1130. The SMILES string of the molecule is Cc1ccc(Oc2ccc(CC(F)(F)F)cc2F)c(C(=O)Nc2ccc[n+]([O-])c2)c1F. The fourth-order valence-corrected chi connectivity index (χ4v) is 2.77. The summed E-state index contributed by atoms with van der Waals surface area (Å²) < 4.78 is 72.2. The molecule has 1 aromatic heterocycles. The molecule has 2 aromatic carbocycles. The summed E-state index contributed by atoms with van der Waals surface area (Å²) in [6, 6.07) is 7.94. The number of pyridine rings is 1. The molecule has 3 rings (SSSR count). The van der Waals surface area contributed by atoms with Crippen molar-refractivity contribution in [2.75, 3.05) is 5.32 Å². The second-order valence-corrected chi connectivity index (χ2v) is 6.64. The van der Waals surface area contributed by atoms with Crippen LogP contribution < -0.4 is 14.8 Å². The number of alkyl halides is 3. The Morgan fingerprint density at radius 1 is 1.13 bits per heavy atom. The van der Waals surface area contributed by atoms with Crippen molar-refractivity contribution in [1.29, 1.82) is 0 Å². The number of amides is 1. The Kier molecular flexibility index (Phi) is 6.09. The van der Waals surface area contributed by atoms with Crippen molar-refractivity contribution in [2.24, 2.45) is 0 Å². The van der Waals surface area contributed by atoms with Crippen LogP contribution >= 0.6 is 0 Å². The molecule has 0 atom stereocenters. The lowest BCUT2D eigenvalue weighted by atomic mass is 10.1. The molecule has 1 amide bonds. The average Bonchev–Trinajstić information content (AvgIpc) is 2.65. The van der Waals surface area contributed by atoms with E-state index in [-0.39, 0.29) is 22.6 Å². The summed E-state index contributed by atoms with van der Waals surface area (Å²) in [5, 5.41) is 13.7. The fourth-order valence-electron chi connectivity index (χ4n) is 2.77. The fraction of sp³-hybridized carbons (Fsp3) is 0.143. The minimum absolute atomic E-state index is 0.0806. The van der Waals surface area contributed by atoms with Gasteiger partial charge in [-0.15, -0.1) is 0 Å². The average molecular weight is 438 g/mol. The largest absolute Gasteiger partial charge is 0.619 e. The molecular formula is C21H15F5N2O3. The van der Waals surface area contributed by atoms with E-state index in [0.717, 1.165) is 18.3 Å². The molecule has 0 aliphatic heterocycles. The Labute approximate surface area is 173 Å². The second-order valence-electron chi connectivity index (χ2n) is 6.64. The molecule has 0 saturated heterocycles. The van der Waals surface area contributed by atoms with Crippen molar-refractivity contribution in [2.45, 2.75) is 19.5 Å². The first kappa shape index (κ1) is 22.0. The van der Waals surface area contributed by atoms with Gasteiger partial charge in [-0.3, -0.25) is 4.79 Å². The van der Waals surface area contributed by atoms with Crippen molar-refractivity contribution in [3.63, 3.8) is 0 Å². The van der Waals surface area contributed by atoms with Crippen LogP contribution in [-0.4, -0.2) is 12.1 Å². The van der Waals surface area contributed by atoms with Gasteiger partial charge >= 0.3 is 6.18 Å². The molecule has 0 spiro atoms. The summed E-state index contributed by atoms with van der Waals surface area (Å²) in [5.74, 6) is -3.84. The van der Waals surface area contributed by atoms with Crippen LogP contribution in [0.3, 0.4) is 0 Å². The number of hydrogen-bond acceptors (Lipinski definition) is 3. The Hall–Kier alpha value is -3.69. The van der Waals surface area contributed by atoms with Gasteiger partial charge in [-0.25, -0.2) is 8.78 Å². The molecule has 1 heterocycles. The summed E-state index contributed by atoms with van der Waals surface area (Å²) in [4.78, 5) is 12.6. The third kappa shape index (κ3) is 5.47. The van der Waals surface area contributed by atoms with Crippen LogP contribution in [0.4, 0.5) is 27.6 Å². The van der Waals surface area contributed by atoms with Gasteiger partial charge in [-0.2, -0.15) is 17.9 Å². The van der Waals surface area contributed by atoms with Crippen LogP contribution in [0, 0.1) is 23.8 Å². The highest BCUT2D eigenvalue weighted by atomic mass is 19.4. The molecule has 0 radical (unpaired) electrons. The predicted octanol–water partition coefficient (Wildman–Crippen LogP) is 5.06. The zero-order valence-electron chi connectivity index (χ0n) is 16.0. The van der Waals surface area contributed by atoms with Crippen LogP contribution in [0.2, 0.25) is 0 Å². The highest BCUT2D eigenvalue weighted by molar-refractivity contribution is 6.06. The first-order valence-electron chi connectivity index (χ1n) is 8.86. The highest BCUT2D eigenvalue weighted by Crippen LogP contribution is 2.32. The van der Waals surface area contributed by atoms with E-state index in [0.29, 0.717) is 10.8 Å². The molecule has 0 bridgehead atoms. The van der Waals surface area contributed by atoms with Gasteiger partial charge in [0.2, 0.25) is 6.20 Å². The number of carbonyl (C=O) groups excluding carboxylic acids is 1. The van der Waals surface area contributed by atoms with Crippen LogP contribution in [-0.2, 0) is 6.42 Å². The van der Waals surface area contributed by atoms with Crippen molar-refractivity contribution >= 4 is 11.6 Å². The van der Waals surface area contributed by atoms with Crippen molar-refractivity contribution in [1.82, 2.24) is 0 Å². The van der Waals surface area contributed by atoms with Crippen molar-refractivity contribution in [3.8, 4) is 11.5 Å². The number of aryl methyl sites for hydroxylation is 1. The Morgan fingerprint density at radius 2 is 1.84 bits per heavy atom. The van der Waals surface area contributed by atoms with Gasteiger partial charge in [-0.05, 0) is 42.3 Å². The van der Waals surface area contributed by atoms with Gasteiger partial charge in [0.1, 0.15) is 22.8 Å². The lowest BCUT2D eigenvalue weighted by Gasteiger charge is -2.14. The van der Waals surface area contributed by atoms with Crippen LogP contribution in [0.1, 0.15) is 21.5 Å². The van der Waals surface area contributed by atoms with Gasteiger partial charge in [0, 0.05) is 6.07 Å². The number of benzene rings is 2. The second kappa shape index (κ2) is 8.58. The monoisotopic (exact) mass is 438 g/mol. The topological polar surface area (TPSA) is 65.3 Å². The summed E-state index contributed by atoms with van der Waals surface area (Å²) in [5.41, 5.74) is -0.692. The standard InChI is InChI=1S/C21H15F5N2O3/c1-12-4-6-17(31-16-7-5-13(9-15(16)22)10-21(24,25)26)18(19(12)23)20(29)27-14-3-2-8-28(30)11-14/h2-9,11H,10H2,1H3,(H,27,29). The Balaban J connectivity index is 1.92. The number of halogens is 5. The number of rotatable bonds is 5. The summed E-state index contributed by atoms with van der Waals surface area (Å²) in [6.45, 7) is 1.40. The van der Waals surface area contributed by atoms with Gasteiger partial charge in [0.05, 0.1) is 6.42 Å². The van der Waals surface area contributed by atoms with E-state index in [1.807, 2.05) is 0 Å². The number of carbonyl (C=O) groups is 1. The number of nitrogens with zero attached hydrogens (tertiary/aromatic N) is 1. The van der Waals surface area contributed by atoms with E-state index >= 15 is 0 Å². The van der Waals surface area contributed by atoms with E-state index in [4.69, 9.17) is 4.74 Å². The third-order valence-electron chi connectivity index (χ3n) is 4.18. The number of ether oxygens (including phenoxy) is 1. The molecular weight excluding hydrogens is 423 g/mol. The summed E-state index contributed by atoms with van der Waals surface area (Å²) in [6.07, 6.45) is -3.61. The van der Waals surface area contributed by atoms with Crippen LogP contribution in [0.5, 0.6) is 11.5 Å². The predicted molar refractivity (Wildman–Crippen MR) is 101 cm³/mol. The maximum absolute atomic E-state index is 14.7. The molecule has 0 unspecified atom stereocenters. The molecule has 0 aliphatic carbocycles. The third-order valence-corrected chi connectivity index (χ3v) is 4.18. The minimum atomic E-state index is -4.51. The molecule has 5 nitrogen and oxygen atoms in total. The van der Waals surface area contributed by atoms with Gasteiger partial charge in [-0.1, -0.05) is 12.1 Å². The van der Waals surface area contributed by atoms with E-state index in [2.05, 4.69) is 5.32 Å². The molecule has 1 N–H and O–H groups in total. The lowest BCUT2D eigenvalue weighted by Crippen LogP contribution is -2.26. The first-order valence-corrected chi connectivity index (χ1v) is 8.86. The number of hydrogen-bond donors (Lipinski definition) is 1. The van der Waals surface area contributed by atoms with E-state index in [1.54, 1.807) is 0 Å². The maximum atomic E-state index is 14.7. The van der Waals surface area contributed by atoms with E-state index in [1.165, 1.54) is 37.4 Å². The minimum Gasteiger partial charge on any atom is -0.619 e. The number of nitrogens with one attached hydrogen (secondary N) is 1. The van der Waals surface area contributed by atoms with Crippen molar-refractivity contribution in [3.05, 3.63) is 88.4 Å². The van der Waals surface area contributed by atoms with Crippen LogP contribution in [0.25, 0.3) is 0 Å². The van der Waals surface area contributed by atoms with E-state index < -0.39 is 41.5 Å². The summed E-state index contributed by atoms with van der Waals surface area (Å²) >= 11 is 0. The smallest absolute Gasteiger partial charge is 0.393 e. The zero-order valence-corrected chi connectivity index (χ0v) is 16.0. The molecule has 0 saturated carbocycles. The normalized spacial score (nSPS) is 11.3. The molecule has 10 heteroatoms. The Morgan fingerprint density at radius 3 is 2.48 bits per heavy atom. The van der Waals surface area contributed by atoms with Gasteiger partial charge in [0.25, 0.3) is 5.91 Å².